The second-order valence-electron chi connectivity index (χ2n) is 10.6. The van der Waals surface area contributed by atoms with E-state index in [0.717, 1.165) is 24.5 Å². The molecular weight excluding hydrogens is 436 g/mol. The number of carbonyl (C=O) groups excluding carboxylic acids is 1. The molecule has 0 saturated heterocycles. The molecular formula is C28H34N6O. The Morgan fingerprint density at radius 3 is 2.66 bits per heavy atom. The topological polar surface area (TPSA) is 91.0 Å². The van der Waals surface area contributed by atoms with Gasteiger partial charge in [0.25, 0.3) is 5.91 Å². The highest BCUT2D eigenvalue weighted by Crippen LogP contribution is 2.50. The first-order valence-electron chi connectivity index (χ1n) is 12.4. The van der Waals surface area contributed by atoms with Crippen molar-refractivity contribution in [2.24, 2.45) is 0 Å². The average Bonchev–Trinajstić information content (AvgIpc) is 3.59. The SMILES string of the molecule is CCNC(=O)c1cnc(Nc2ccc3c(c2)CNCC32CC2)cc1Nc1cccc(C(C)(C)C)n1. The van der Waals surface area contributed by atoms with Crippen molar-refractivity contribution in [3.63, 3.8) is 0 Å². The highest BCUT2D eigenvalue weighted by molar-refractivity contribution is 6.00. The van der Waals surface area contributed by atoms with Gasteiger partial charge in [-0.05, 0) is 55.2 Å². The summed E-state index contributed by atoms with van der Waals surface area (Å²) in [6.45, 7) is 10.8. The van der Waals surface area contributed by atoms with Gasteiger partial charge in [-0.15, -0.1) is 0 Å². The Hall–Kier alpha value is -3.45. The lowest BCUT2D eigenvalue weighted by Gasteiger charge is -2.26. The van der Waals surface area contributed by atoms with Crippen LogP contribution in [0.25, 0.3) is 0 Å². The van der Waals surface area contributed by atoms with Crippen LogP contribution in [0.3, 0.4) is 0 Å². The van der Waals surface area contributed by atoms with E-state index in [9.17, 15) is 4.79 Å². The van der Waals surface area contributed by atoms with Crippen LogP contribution in [0.2, 0.25) is 0 Å². The van der Waals surface area contributed by atoms with Crippen LogP contribution in [0.4, 0.5) is 23.0 Å². The summed E-state index contributed by atoms with van der Waals surface area (Å²) in [5.74, 6) is 1.18. The standard InChI is InChI=1S/C28H34N6O/c1-5-30-26(35)20-16-31-25(14-22(20)33-24-8-6-7-23(34-24)27(2,3)4)32-19-9-10-21-18(13-19)15-29-17-28(21)11-12-28/h6-10,13-14,16,29H,5,11-12,15,17H2,1-4H3,(H,30,35)(H2,31,32,33,34). The summed E-state index contributed by atoms with van der Waals surface area (Å²) in [7, 11) is 0. The van der Waals surface area contributed by atoms with Crippen molar-refractivity contribution < 1.29 is 4.79 Å². The maximum absolute atomic E-state index is 12.7. The molecule has 182 valence electrons. The maximum atomic E-state index is 12.7. The number of aromatic nitrogens is 2. The van der Waals surface area contributed by atoms with Crippen LogP contribution in [0.5, 0.6) is 0 Å². The molecule has 1 spiro atoms. The Morgan fingerprint density at radius 1 is 1.09 bits per heavy atom. The van der Waals surface area contributed by atoms with E-state index in [2.05, 4.69) is 65.2 Å². The summed E-state index contributed by atoms with van der Waals surface area (Å²) in [6.07, 6.45) is 4.15. The van der Waals surface area contributed by atoms with Gasteiger partial charge in [0.2, 0.25) is 0 Å². The molecule has 7 heteroatoms. The van der Waals surface area contributed by atoms with Crippen molar-refractivity contribution in [1.29, 1.82) is 0 Å². The molecule has 0 unspecified atom stereocenters. The quantitative estimate of drug-likeness (QED) is 0.399. The van der Waals surface area contributed by atoms with Gasteiger partial charge < -0.3 is 21.3 Å². The van der Waals surface area contributed by atoms with E-state index in [4.69, 9.17) is 4.98 Å². The normalized spacial score (nSPS) is 15.9. The summed E-state index contributed by atoms with van der Waals surface area (Å²) >= 11 is 0. The zero-order valence-corrected chi connectivity index (χ0v) is 21.0. The minimum absolute atomic E-state index is 0.0780. The summed E-state index contributed by atoms with van der Waals surface area (Å²) < 4.78 is 0. The molecule has 2 aliphatic rings. The summed E-state index contributed by atoms with van der Waals surface area (Å²) in [4.78, 5) is 22.1. The molecule has 1 aliphatic heterocycles. The van der Waals surface area contributed by atoms with Crippen molar-refractivity contribution in [2.45, 2.75) is 57.9 Å². The Balaban J connectivity index is 1.44. The van der Waals surface area contributed by atoms with Crippen LogP contribution in [-0.4, -0.2) is 29.0 Å². The molecule has 7 nitrogen and oxygen atoms in total. The molecule has 35 heavy (non-hydrogen) atoms. The predicted molar refractivity (Wildman–Crippen MR) is 141 cm³/mol. The first-order valence-corrected chi connectivity index (χ1v) is 12.4. The molecule has 4 N–H and O–H groups in total. The number of rotatable bonds is 6. The van der Waals surface area contributed by atoms with E-state index in [1.165, 1.54) is 24.0 Å². The average molecular weight is 471 g/mol. The molecule has 1 aromatic carbocycles. The lowest BCUT2D eigenvalue weighted by molar-refractivity contribution is 0.0956. The largest absolute Gasteiger partial charge is 0.352 e. The van der Waals surface area contributed by atoms with E-state index in [-0.39, 0.29) is 11.3 Å². The van der Waals surface area contributed by atoms with E-state index in [0.29, 0.717) is 34.8 Å². The molecule has 2 aromatic heterocycles. The smallest absolute Gasteiger partial charge is 0.254 e. The highest BCUT2D eigenvalue weighted by atomic mass is 16.1. The minimum Gasteiger partial charge on any atom is -0.352 e. The Labute approximate surface area is 207 Å². The third-order valence-electron chi connectivity index (χ3n) is 6.85. The fourth-order valence-corrected chi connectivity index (χ4v) is 4.74. The summed E-state index contributed by atoms with van der Waals surface area (Å²) in [5.41, 5.74) is 6.20. The molecule has 1 amide bonds. The molecule has 0 radical (unpaired) electrons. The number of nitrogens with one attached hydrogen (secondary N) is 4. The number of benzene rings is 1. The van der Waals surface area contributed by atoms with Crippen LogP contribution in [0.1, 0.15) is 67.7 Å². The second-order valence-corrected chi connectivity index (χ2v) is 10.6. The van der Waals surface area contributed by atoms with Gasteiger partial charge >= 0.3 is 0 Å². The van der Waals surface area contributed by atoms with Crippen LogP contribution in [-0.2, 0) is 17.4 Å². The third kappa shape index (κ3) is 4.86. The fourth-order valence-electron chi connectivity index (χ4n) is 4.74. The number of anilines is 4. The zero-order chi connectivity index (χ0) is 24.6. The van der Waals surface area contributed by atoms with Gasteiger partial charge in [0, 0.05) is 54.1 Å². The number of pyridine rings is 2. The molecule has 1 fully saturated rings. The maximum Gasteiger partial charge on any atom is 0.254 e. The second kappa shape index (κ2) is 8.96. The van der Waals surface area contributed by atoms with Crippen LogP contribution in [0, 0.1) is 0 Å². The number of hydrogen-bond acceptors (Lipinski definition) is 6. The molecule has 3 heterocycles. The Kier molecular flexibility index (Phi) is 5.97. The molecule has 1 aliphatic carbocycles. The van der Waals surface area contributed by atoms with Crippen LogP contribution < -0.4 is 21.3 Å². The first-order chi connectivity index (χ1) is 16.8. The lowest BCUT2D eigenvalue weighted by Crippen LogP contribution is -2.33. The van der Waals surface area contributed by atoms with Crippen molar-refractivity contribution >= 4 is 28.9 Å². The van der Waals surface area contributed by atoms with Gasteiger partial charge in [-0.25, -0.2) is 9.97 Å². The van der Waals surface area contributed by atoms with Crippen molar-refractivity contribution in [3.8, 4) is 0 Å². The van der Waals surface area contributed by atoms with Gasteiger partial charge in [-0.1, -0.05) is 32.9 Å². The monoisotopic (exact) mass is 470 g/mol. The molecule has 0 bridgehead atoms. The third-order valence-corrected chi connectivity index (χ3v) is 6.85. The first kappa shape index (κ1) is 23.3. The number of fused-ring (bicyclic) bond motifs is 2. The minimum atomic E-state index is -0.171. The molecule has 5 rings (SSSR count). The van der Waals surface area contributed by atoms with Gasteiger partial charge in [-0.3, -0.25) is 4.79 Å². The Morgan fingerprint density at radius 2 is 1.91 bits per heavy atom. The number of amides is 1. The van der Waals surface area contributed by atoms with Crippen molar-refractivity contribution in [3.05, 3.63) is 71.0 Å². The zero-order valence-electron chi connectivity index (χ0n) is 21.0. The Bertz CT molecular complexity index is 1260. The van der Waals surface area contributed by atoms with Crippen molar-refractivity contribution in [2.75, 3.05) is 23.7 Å². The fraction of sp³-hybridized carbons (Fsp3) is 0.393. The highest BCUT2D eigenvalue weighted by Gasteiger charge is 2.46. The van der Waals surface area contributed by atoms with E-state index in [1.54, 1.807) is 6.20 Å². The van der Waals surface area contributed by atoms with Gasteiger partial charge in [-0.2, -0.15) is 0 Å². The summed E-state index contributed by atoms with van der Waals surface area (Å²) in [6, 6.07) is 14.4. The van der Waals surface area contributed by atoms with E-state index in [1.807, 2.05) is 31.2 Å². The molecule has 1 saturated carbocycles. The van der Waals surface area contributed by atoms with Crippen LogP contribution in [0.15, 0.2) is 48.7 Å². The number of carbonyl (C=O) groups is 1. The van der Waals surface area contributed by atoms with Gasteiger partial charge in [0.15, 0.2) is 0 Å². The van der Waals surface area contributed by atoms with E-state index >= 15 is 0 Å². The molecule has 3 aromatic rings. The summed E-state index contributed by atoms with van der Waals surface area (Å²) in [5, 5.41) is 13.2. The number of hydrogen-bond donors (Lipinski definition) is 4. The van der Waals surface area contributed by atoms with Gasteiger partial charge in [0.1, 0.15) is 11.6 Å². The van der Waals surface area contributed by atoms with E-state index < -0.39 is 0 Å². The number of nitrogens with zero attached hydrogens (tertiary/aromatic N) is 2. The van der Waals surface area contributed by atoms with Crippen LogP contribution >= 0.6 is 0 Å². The van der Waals surface area contributed by atoms with Crippen molar-refractivity contribution in [1.82, 2.24) is 20.6 Å². The molecule has 0 atom stereocenters. The van der Waals surface area contributed by atoms with Gasteiger partial charge in [0.05, 0.1) is 11.3 Å². The lowest BCUT2D eigenvalue weighted by atomic mass is 9.88. The predicted octanol–water partition coefficient (Wildman–Crippen LogP) is 5.15.